The molecule has 22 heavy (non-hydrogen) atoms. The van der Waals surface area contributed by atoms with Crippen molar-refractivity contribution in [2.24, 2.45) is 17.8 Å². The summed E-state index contributed by atoms with van der Waals surface area (Å²) >= 11 is 0. The Hall–Kier alpha value is -1.58. The van der Waals surface area contributed by atoms with Gasteiger partial charge in [-0.25, -0.2) is 4.79 Å². The molecule has 3 atom stereocenters. The minimum absolute atomic E-state index is 0.0709. The number of ether oxygens (including phenoxy) is 2. The third-order valence-electron chi connectivity index (χ3n) is 5.26. The van der Waals surface area contributed by atoms with Crippen molar-refractivity contribution in [1.82, 2.24) is 0 Å². The molecule has 3 aliphatic rings. The highest BCUT2D eigenvalue weighted by atomic mass is 16.6. The van der Waals surface area contributed by atoms with Crippen LogP contribution < -0.4 is 0 Å². The van der Waals surface area contributed by atoms with Gasteiger partial charge in [0, 0.05) is 11.5 Å². The highest BCUT2D eigenvalue weighted by Gasteiger charge is 2.47. The molecule has 0 N–H and O–H groups in total. The van der Waals surface area contributed by atoms with Gasteiger partial charge in [0.1, 0.15) is 11.4 Å². The smallest absolute Gasteiger partial charge is 0.338 e. The standard InChI is InChI=1S/C18H24O4/c1-11(2)16(19)21-15-10-12-8-13(15)9-14(12)17(20)22-18(3)6-4-5-7-18/h10,12-14H,1,4-9H2,2-3H3. The minimum atomic E-state index is -0.378. The van der Waals surface area contributed by atoms with Crippen molar-refractivity contribution in [3.8, 4) is 0 Å². The Bertz CT molecular complexity index is 539. The summed E-state index contributed by atoms with van der Waals surface area (Å²) in [6.45, 7) is 7.27. The van der Waals surface area contributed by atoms with Crippen molar-refractivity contribution in [2.75, 3.05) is 0 Å². The van der Waals surface area contributed by atoms with Gasteiger partial charge in [0.2, 0.25) is 0 Å². The molecule has 0 amide bonds. The topological polar surface area (TPSA) is 52.6 Å². The van der Waals surface area contributed by atoms with E-state index in [4.69, 9.17) is 9.47 Å². The van der Waals surface area contributed by atoms with Gasteiger partial charge in [0.05, 0.1) is 5.92 Å². The van der Waals surface area contributed by atoms with E-state index in [-0.39, 0.29) is 35.3 Å². The predicted octanol–water partition coefficient (Wildman–Crippen LogP) is 3.52. The van der Waals surface area contributed by atoms with Crippen molar-refractivity contribution in [3.63, 3.8) is 0 Å². The zero-order valence-corrected chi connectivity index (χ0v) is 13.4. The van der Waals surface area contributed by atoms with Crippen molar-refractivity contribution < 1.29 is 19.1 Å². The first-order valence-corrected chi connectivity index (χ1v) is 8.20. The van der Waals surface area contributed by atoms with E-state index in [1.165, 1.54) is 0 Å². The lowest BCUT2D eigenvalue weighted by Crippen LogP contribution is -2.33. The number of hydrogen-bond donors (Lipinski definition) is 0. The SMILES string of the molecule is C=C(C)C(=O)OC1=CC2CC1CC2C(=O)OC1(C)CCCC1. The van der Waals surface area contributed by atoms with Crippen LogP contribution >= 0.6 is 0 Å². The van der Waals surface area contributed by atoms with Gasteiger partial charge < -0.3 is 9.47 Å². The van der Waals surface area contributed by atoms with E-state index < -0.39 is 0 Å². The van der Waals surface area contributed by atoms with Gasteiger partial charge in [-0.05, 0) is 64.4 Å². The Morgan fingerprint density at radius 3 is 2.50 bits per heavy atom. The Morgan fingerprint density at radius 1 is 1.27 bits per heavy atom. The molecule has 2 fully saturated rings. The van der Waals surface area contributed by atoms with Gasteiger partial charge in [0.25, 0.3) is 0 Å². The van der Waals surface area contributed by atoms with Crippen molar-refractivity contribution in [1.29, 1.82) is 0 Å². The van der Waals surface area contributed by atoms with Crippen LogP contribution in [-0.2, 0) is 19.1 Å². The van der Waals surface area contributed by atoms with E-state index in [0.717, 1.165) is 38.5 Å². The van der Waals surface area contributed by atoms with Gasteiger partial charge in [0.15, 0.2) is 0 Å². The first-order chi connectivity index (χ1) is 10.4. The number of fused-ring (bicyclic) bond motifs is 2. The molecule has 3 unspecified atom stereocenters. The number of esters is 2. The van der Waals surface area contributed by atoms with Crippen molar-refractivity contribution in [3.05, 3.63) is 24.0 Å². The lowest BCUT2D eigenvalue weighted by atomic mass is 9.92. The molecule has 0 aromatic rings. The maximum Gasteiger partial charge on any atom is 0.338 e. The number of allylic oxidation sites excluding steroid dienone is 2. The van der Waals surface area contributed by atoms with Crippen LogP contribution in [-0.4, -0.2) is 17.5 Å². The van der Waals surface area contributed by atoms with Crippen LogP contribution in [0.3, 0.4) is 0 Å². The molecule has 120 valence electrons. The molecule has 2 saturated carbocycles. The molecule has 0 heterocycles. The summed E-state index contributed by atoms with van der Waals surface area (Å²) < 4.78 is 11.2. The van der Waals surface area contributed by atoms with Crippen LogP contribution in [0, 0.1) is 17.8 Å². The van der Waals surface area contributed by atoms with Gasteiger partial charge in [-0.15, -0.1) is 0 Å². The first-order valence-electron chi connectivity index (χ1n) is 8.20. The number of rotatable bonds is 4. The van der Waals surface area contributed by atoms with Crippen LogP contribution in [0.4, 0.5) is 0 Å². The van der Waals surface area contributed by atoms with Crippen LogP contribution in [0.2, 0.25) is 0 Å². The van der Waals surface area contributed by atoms with E-state index in [9.17, 15) is 9.59 Å². The third-order valence-corrected chi connectivity index (χ3v) is 5.26. The quantitative estimate of drug-likeness (QED) is 0.589. The average molecular weight is 304 g/mol. The molecule has 0 aromatic heterocycles. The Balaban J connectivity index is 1.60. The van der Waals surface area contributed by atoms with Crippen LogP contribution in [0.1, 0.15) is 52.4 Å². The molecule has 3 aliphatic carbocycles. The monoisotopic (exact) mass is 304 g/mol. The lowest BCUT2D eigenvalue weighted by Gasteiger charge is -2.28. The summed E-state index contributed by atoms with van der Waals surface area (Å²) in [4.78, 5) is 24.1. The van der Waals surface area contributed by atoms with Crippen LogP contribution in [0.25, 0.3) is 0 Å². The zero-order chi connectivity index (χ0) is 15.9. The summed E-state index contributed by atoms with van der Waals surface area (Å²) in [5.74, 6) is 0.510. The second-order valence-corrected chi connectivity index (χ2v) is 7.26. The molecule has 0 radical (unpaired) electrons. The maximum atomic E-state index is 12.5. The number of hydrogen-bond acceptors (Lipinski definition) is 4. The maximum absolute atomic E-state index is 12.5. The van der Waals surface area contributed by atoms with Crippen LogP contribution in [0.15, 0.2) is 24.0 Å². The fourth-order valence-corrected chi connectivity index (χ4v) is 3.96. The van der Waals surface area contributed by atoms with E-state index in [2.05, 4.69) is 6.58 Å². The largest absolute Gasteiger partial charge is 0.459 e. The molecular weight excluding hydrogens is 280 g/mol. The zero-order valence-electron chi connectivity index (χ0n) is 13.4. The molecular formula is C18H24O4. The summed E-state index contributed by atoms with van der Waals surface area (Å²) in [5, 5.41) is 0. The second kappa shape index (κ2) is 5.56. The summed E-state index contributed by atoms with van der Waals surface area (Å²) in [7, 11) is 0. The minimum Gasteiger partial charge on any atom is -0.459 e. The highest BCUT2D eigenvalue weighted by Crippen LogP contribution is 2.49. The van der Waals surface area contributed by atoms with Gasteiger partial charge in [-0.1, -0.05) is 6.58 Å². The van der Waals surface area contributed by atoms with Gasteiger partial charge in [-0.3, -0.25) is 4.79 Å². The van der Waals surface area contributed by atoms with E-state index >= 15 is 0 Å². The summed E-state index contributed by atoms with van der Waals surface area (Å²) in [6, 6.07) is 0. The van der Waals surface area contributed by atoms with Gasteiger partial charge in [-0.2, -0.15) is 0 Å². The summed E-state index contributed by atoms with van der Waals surface area (Å²) in [5.41, 5.74) is 0.131. The lowest BCUT2D eigenvalue weighted by molar-refractivity contribution is -0.163. The second-order valence-electron chi connectivity index (χ2n) is 7.26. The van der Waals surface area contributed by atoms with Gasteiger partial charge >= 0.3 is 11.9 Å². The third kappa shape index (κ3) is 2.83. The van der Waals surface area contributed by atoms with Crippen molar-refractivity contribution in [2.45, 2.75) is 58.0 Å². The Morgan fingerprint density at radius 2 is 1.95 bits per heavy atom. The molecule has 4 nitrogen and oxygen atoms in total. The number of carbonyl (C=O) groups is 2. The van der Waals surface area contributed by atoms with Crippen LogP contribution in [0.5, 0.6) is 0 Å². The Labute approximate surface area is 131 Å². The van der Waals surface area contributed by atoms with E-state index in [0.29, 0.717) is 11.3 Å². The molecule has 3 rings (SSSR count). The van der Waals surface area contributed by atoms with Crippen molar-refractivity contribution >= 4 is 11.9 Å². The fourth-order valence-electron chi connectivity index (χ4n) is 3.96. The highest BCUT2D eigenvalue weighted by molar-refractivity contribution is 5.87. The van der Waals surface area contributed by atoms with E-state index in [1.807, 2.05) is 13.0 Å². The molecule has 0 saturated heterocycles. The summed E-state index contributed by atoms with van der Waals surface area (Å²) in [6.07, 6.45) is 7.78. The fraction of sp³-hybridized carbons (Fsp3) is 0.667. The average Bonchev–Trinajstić information content (AvgIpc) is 3.13. The van der Waals surface area contributed by atoms with E-state index in [1.54, 1.807) is 6.92 Å². The molecule has 0 spiro atoms. The number of carbonyl (C=O) groups excluding carboxylic acids is 2. The molecule has 0 aromatic carbocycles. The molecule has 0 aliphatic heterocycles. The molecule has 2 bridgehead atoms. The molecule has 4 heteroatoms. The first kappa shape index (κ1) is 15.3. The Kier molecular flexibility index (Phi) is 3.87. The normalized spacial score (nSPS) is 31.7. The predicted molar refractivity (Wildman–Crippen MR) is 81.7 cm³/mol.